The number of unbranched alkanes of at least 4 members (excludes halogenated alkanes) is 1. The lowest BCUT2D eigenvalue weighted by atomic mass is 10.2. The molecule has 0 saturated carbocycles. The van der Waals surface area contributed by atoms with Crippen LogP contribution in [-0.2, 0) is 9.53 Å². The first-order valence-electron chi connectivity index (χ1n) is 7.23. The Bertz CT molecular complexity index is 339. The van der Waals surface area contributed by atoms with Crippen molar-refractivity contribution < 1.29 is 19.4 Å². The number of likely N-dealkylation sites (tertiary alicyclic amines) is 1. The van der Waals surface area contributed by atoms with Crippen LogP contribution in [0.4, 0.5) is 4.79 Å². The third-order valence-electron chi connectivity index (χ3n) is 3.07. The minimum atomic E-state index is -0.554. The molecule has 0 aromatic carbocycles. The molecule has 0 aliphatic carbocycles. The Kier molecular flexibility index (Phi) is 6.26. The molecule has 1 atom stereocenters. The van der Waals surface area contributed by atoms with E-state index < -0.39 is 17.7 Å². The summed E-state index contributed by atoms with van der Waals surface area (Å²) in [6.07, 6.45) is 2.46. The first-order chi connectivity index (χ1) is 9.35. The van der Waals surface area contributed by atoms with Crippen molar-refractivity contribution in [2.45, 2.75) is 58.1 Å². The van der Waals surface area contributed by atoms with Crippen molar-refractivity contribution in [1.29, 1.82) is 0 Å². The van der Waals surface area contributed by atoms with Gasteiger partial charge in [-0.15, -0.1) is 0 Å². The Balaban J connectivity index is 2.47. The zero-order valence-corrected chi connectivity index (χ0v) is 12.6. The number of carbonyl (C=O) groups excluding carboxylic acids is 2. The van der Waals surface area contributed by atoms with Crippen molar-refractivity contribution in [2.24, 2.45) is 0 Å². The maximum Gasteiger partial charge on any atom is 0.410 e. The number of nitrogens with one attached hydrogen (secondary N) is 1. The second kappa shape index (κ2) is 7.47. The third-order valence-corrected chi connectivity index (χ3v) is 3.07. The second-order valence-electron chi connectivity index (χ2n) is 6.05. The fourth-order valence-corrected chi connectivity index (χ4v) is 2.14. The van der Waals surface area contributed by atoms with E-state index >= 15 is 0 Å². The predicted molar refractivity (Wildman–Crippen MR) is 75.3 cm³/mol. The zero-order valence-electron chi connectivity index (χ0n) is 12.6. The summed E-state index contributed by atoms with van der Waals surface area (Å²) in [6.45, 7) is 6.64. The van der Waals surface area contributed by atoms with Crippen LogP contribution in [0.15, 0.2) is 0 Å². The van der Waals surface area contributed by atoms with Gasteiger partial charge < -0.3 is 15.2 Å². The molecule has 0 spiro atoms. The molecule has 0 aromatic rings. The van der Waals surface area contributed by atoms with E-state index in [1.54, 1.807) is 0 Å². The van der Waals surface area contributed by atoms with Crippen molar-refractivity contribution in [3.8, 4) is 0 Å². The quantitative estimate of drug-likeness (QED) is 0.746. The summed E-state index contributed by atoms with van der Waals surface area (Å²) >= 11 is 0. The summed E-state index contributed by atoms with van der Waals surface area (Å²) in [6, 6.07) is -0.432. The zero-order chi connectivity index (χ0) is 15.2. The lowest BCUT2D eigenvalue weighted by Crippen LogP contribution is -2.47. The Morgan fingerprint density at radius 3 is 2.65 bits per heavy atom. The Labute approximate surface area is 120 Å². The van der Waals surface area contributed by atoms with Crippen LogP contribution in [0.3, 0.4) is 0 Å². The number of hydrogen-bond acceptors (Lipinski definition) is 4. The molecule has 6 nitrogen and oxygen atoms in total. The van der Waals surface area contributed by atoms with Gasteiger partial charge in [-0.1, -0.05) is 0 Å². The first-order valence-corrected chi connectivity index (χ1v) is 7.23. The van der Waals surface area contributed by atoms with Crippen molar-refractivity contribution >= 4 is 12.0 Å². The van der Waals surface area contributed by atoms with Crippen molar-refractivity contribution in [2.75, 3.05) is 19.7 Å². The Morgan fingerprint density at radius 2 is 2.05 bits per heavy atom. The molecule has 2 N–H and O–H groups in total. The average Bonchev–Trinajstić information content (AvgIpc) is 2.81. The standard InChI is InChI=1S/C14H26N2O4/c1-14(2,3)20-13(19)16-9-6-7-11(16)12(18)15-8-4-5-10-17/h11,17H,4-10H2,1-3H3,(H,15,18)/t11-/m0/s1. The number of rotatable bonds is 5. The molecule has 1 aliphatic heterocycles. The molecule has 1 heterocycles. The van der Waals surface area contributed by atoms with Gasteiger partial charge in [-0.05, 0) is 46.5 Å². The highest BCUT2D eigenvalue weighted by molar-refractivity contribution is 5.86. The van der Waals surface area contributed by atoms with E-state index in [0.717, 1.165) is 12.8 Å². The largest absolute Gasteiger partial charge is 0.444 e. The molecule has 1 aliphatic rings. The smallest absolute Gasteiger partial charge is 0.410 e. The molecule has 2 amide bonds. The normalized spacial score (nSPS) is 19.0. The molecule has 0 radical (unpaired) electrons. The molecule has 6 heteroatoms. The van der Waals surface area contributed by atoms with Gasteiger partial charge in [0.15, 0.2) is 0 Å². The van der Waals surface area contributed by atoms with E-state index in [1.807, 2.05) is 20.8 Å². The molecule has 0 unspecified atom stereocenters. The van der Waals surface area contributed by atoms with E-state index in [-0.39, 0.29) is 12.5 Å². The molecule has 1 rings (SSSR count). The van der Waals surface area contributed by atoms with Crippen molar-refractivity contribution in [3.05, 3.63) is 0 Å². The number of amides is 2. The van der Waals surface area contributed by atoms with Crippen LogP contribution in [0.1, 0.15) is 46.5 Å². The van der Waals surface area contributed by atoms with Gasteiger partial charge in [0, 0.05) is 19.7 Å². The number of nitrogens with zero attached hydrogens (tertiary/aromatic N) is 1. The van der Waals surface area contributed by atoms with Crippen LogP contribution in [0.2, 0.25) is 0 Å². The topological polar surface area (TPSA) is 78.9 Å². The molecule has 0 aromatic heterocycles. The molecule has 1 fully saturated rings. The van der Waals surface area contributed by atoms with Gasteiger partial charge >= 0.3 is 6.09 Å². The predicted octanol–water partition coefficient (Wildman–Crippen LogP) is 1.27. The van der Waals surface area contributed by atoms with Crippen LogP contribution < -0.4 is 5.32 Å². The van der Waals surface area contributed by atoms with Gasteiger partial charge in [0.25, 0.3) is 0 Å². The molecule has 116 valence electrons. The van der Waals surface area contributed by atoms with Crippen LogP contribution in [0.25, 0.3) is 0 Å². The summed E-state index contributed by atoms with van der Waals surface area (Å²) in [7, 11) is 0. The summed E-state index contributed by atoms with van der Waals surface area (Å²) < 4.78 is 5.32. The van der Waals surface area contributed by atoms with Gasteiger partial charge in [0.2, 0.25) is 5.91 Å². The fourth-order valence-electron chi connectivity index (χ4n) is 2.14. The highest BCUT2D eigenvalue weighted by Gasteiger charge is 2.36. The first kappa shape index (κ1) is 16.8. The molecule has 20 heavy (non-hydrogen) atoms. The van der Waals surface area contributed by atoms with Crippen LogP contribution in [-0.4, -0.2) is 53.3 Å². The van der Waals surface area contributed by atoms with Crippen LogP contribution >= 0.6 is 0 Å². The number of aliphatic hydroxyl groups excluding tert-OH is 1. The van der Waals surface area contributed by atoms with Crippen LogP contribution in [0.5, 0.6) is 0 Å². The van der Waals surface area contributed by atoms with Gasteiger partial charge in [-0.2, -0.15) is 0 Å². The lowest BCUT2D eigenvalue weighted by molar-refractivity contribution is -0.125. The highest BCUT2D eigenvalue weighted by Crippen LogP contribution is 2.20. The van der Waals surface area contributed by atoms with Gasteiger partial charge in [-0.25, -0.2) is 4.79 Å². The number of hydrogen-bond donors (Lipinski definition) is 2. The van der Waals surface area contributed by atoms with E-state index in [1.165, 1.54) is 4.90 Å². The van der Waals surface area contributed by atoms with E-state index in [2.05, 4.69) is 5.32 Å². The maximum atomic E-state index is 12.1. The SMILES string of the molecule is CC(C)(C)OC(=O)N1CCC[C@H]1C(=O)NCCCCO. The molecular weight excluding hydrogens is 260 g/mol. The summed E-state index contributed by atoms with van der Waals surface area (Å²) in [5, 5.41) is 11.5. The average molecular weight is 286 g/mol. The summed E-state index contributed by atoms with van der Waals surface area (Å²) in [5.41, 5.74) is -0.554. The molecular formula is C14H26N2O4. The van der Waals surface area contributed by atoms with Gasteiger partial charge in [0.05, 0.1) is 0 Å². The molecule has 0 bridgehead atoms. The molecule has 1 saturated heterocycles. The maximum absolute atomic E-state index is 12.1. The summed E-state index contributed by atoms with van der Waals surface area (Å²) in [4.78, 5) is 25.6. The van der Waals surface area contributed by atoms with E-state index in [0.29, 0.717) is 25.9 Å². The fraction of sp³-hybridized carbons (Fsp3) is 0.857. The summed E-state index contributed by atoms with van der Waals surface area (Å²) in [5.74, 6) is -0.133. The minimum absolute atomic E-state index is 0.128. The third kappa shape index (κ3) is 5.36. The second-order valence-corrected chi connectivity index (χ2v) is 6.05. The van der Waals surface area contributed by atoms with Gasteiger partial charge in [-0.3, -0.25) is 9.69 Å². The van der Waals surface area contributed by atoms with Crippen LogP contribution in [0, 0.1) is 0 Å². The van der Waals surface area contributed by atoms with E-state index in [4.69, 9.17) is 9.84 Å². The number of ether oxygens (including phenoxy) is 1. The van der Waals surface area contributed by atoms with Crippen molar-refractivity contribution in [1.82, 2.24) is 10.2 Å². The monoisotopic (exact) mass is 286 g/mol. The number of carbonyl (C=O) groups is 2. The van der Waals surface area contributed by atoms with E-state index in [9.17, 15) is 9.59 Å². The highest BCUT2D eigenvalue weighted by atomic mass is 16.6. The Morgan fingerprint density at radius 1 is 1.35 bits per heavy atom. The van der Waals surface area contributed by atoms with Gasteiger partial charge in [0.1, 0.15) is 11.6 Å². The number of aliphatic hydroxyl groups is 1. The van der Waals surface area contributed by atoms with Crippen molar-refractivity contribution in [3.63, 3.8) is 0 Å². The lowest BCUT2D eigenvalue weighted by Gasteiger charge is -2.28. The minimum Gasteiger partial charge on any atom is -0.444 e. The Hall–Kier alpha value is -1.30.